The Bertz CT molecular complexity index is 1270. The Morgan fingerprint density at radius 1 is 1.26 bits per heavy atom. The second kappa shape index (κ2) is 9.00. The summed E-state index contributed by atoms with van der Waals surface area (Å²) in [4.78, 5) is 26.2. The van der Waals surface area contributed by atoms with E-state index in [0.717, 1.165) is 36.3 Å². The molecule has 5 heterocycles. The number of hydrogen-bond acceptors (Lipinski definition) is 8. The molecule has 2 fully saturated rings. The van der Waals surface area contributed by atoms with Crippen LogP contribution < -0.4 is 4.90 Å². The number of likely N-dealkylation sites (tertiary alicyclic amines) is 1. The zero-order chi connectivity index (χ0) is 23.8. The number of nitrogens with zero attached hydrogens (tertiary/aromatic N) is 7. The van der Waals surface area contributed by atoms with Crippen LogP contribution in [0.2, 0.25) is 0 Å². The fourth-order valence-corrected chi connectivity index (χ4v) is 4.90. The number of aryl methyl sites for hydroxylation is 1. The van der Waals surface area contributed by atoms with Gasteiger partial charge >= 0.3 is 0 Å². The van der Waals surface area contributed by atoms with E-state index in [1.54, 1.807) is 22.7 Å². The third kappa shape index (κ3) is 3.97. The minimum absolute atomic E-state index is 0.171. The lowest BCUT2D eigenvalue weighted by atomic mass is 9.99. The second-order valence-electron chi connectivity index (χ2n) is 9.01. The SMILES string of the molecule is Cc1cn2nc(C3CCCCN3C(=O)c3cccc(CO)n3)cc2nc1N1CC(O)C(C#N)C1. The van der Waals surface area contributed by atoms with E-state index in [1.807, 2.05) is 29.0 Å². The number of pyridine rings is 1. The molecule has 3 atom stereocenters. The molecule has 34 heavy (non-hydrogen) atoms. The van der Waals surface area contributed by atoms with Crippen LogP contribution in [0.4, 0.5) is 5.82 Å². The van der Waals surface area contributed by atoms with Gasteiger partial charge in [0.1, 0.15) is 11.5 Å². The average Bonchev–Trinajstić information content (AvgIpc) is 3.45. The van der Waals surface area contributed by atoms with Gasteiger partial charge in [-0.1, -0.05) is 6.07 Å². The number of carbonyl (C=O) groups excluding carboxylic acids is 1. The number of rotatable bonds is 4. The van der Waals surface area contributed by atoms with E-state index in [1.165, 1.54) is 0 Å². The molecule has 0 spiro atoms. The maximum Gasteiger partial charge on any atom is 0.273 e. The standard InChI is InChI=1S/C24H27N7O3/c1-15-11-31-22(27-23(15)29-12-16(10-25)21(33)13-29)9-19(28-31)20-7-2-3-8-30(20)24(34)18-6-4-5-17(14-32)26-18/h4-6,9,11,16,20-21,32-33H,2-3,7-8,12-14H2,1H3. The van der Waals surface area contributed by atoms with Crippen molar-refractivity contribution in [2.75, 3.05) is 24.5 Å². The first kappa shape index (κ1) is 22.3. The van der Waals surface area contributed by atoms with Gasteiger partial charge in [-0.05, 0) is 38.3 Å². The molecule has 2 aliphatic rings. The minimum Gasteiger partial charge on any atom is -0.390 e. The molecule has 1 amide bonds. The van der Waals surface area contributed by atoms with Crippen LogP contribution >= 0.6 is 0 Å². The summed E-state index contributed by atoms with van der Waals surface area (Å²) < 4.78 is 1.73. The van der Waals surface area contributed by atoms with Crippen LogP contribution in [-0.2, 0) is 6.61 Å². The Labute approximate surface area is 197 Å². The number of aromatic nitrogens is 4. The van der Waals surface area contributed by atoms with E-state index in [2.05, 4.69) is 11.1 Å². The largest absolute Gasteiger partial charge is 0.390 e. The molecule has 2 saturated heterocycles. The molecule has 0 saturated carbocycles. The second-order valence-corrected chi connectivity index (χ2v) is 9.01. The molecule has 10 heteroatoms. The number of fused-ring (bicyclic) bond motifs is 1. The molecule has 2 aliphatic heterocycles. The molecule has 0 aliphatic carbocycles. The van der Waals surface area contributed by atoms with Gasteiger partial charge in [-0.25, -0.2) is 14.5 Å². The van der Waals surface area contributed by atoms with Crippen molar-refractivity contribution in [1.29, 1.82) is 5.26 Å². The van der Waals surface area contributed by atoms with Crippen molar-refractivity contribution >= 4 is 17.4 Å². The molecule has 10 nitrogen and oxygen atoms in total. The van der Waals surface area contributed by atoms with Gasteiger partial charge in [0.05, 0.1) is 42.1 Å². The first-order chi connectivity index (χ1) is 16.5. The molecular formula is C24H27N7O3. The summed E-state index contributed by atoms with van der Waals surface area (Å²) in [7, 11) is 0. The van der Waals surface area contributed by atoms with Crippen LogP contribution in [0.3, 0.4) is 0 Å². The quantitative estimate of drug-likeness (QED) is 0.599. The maximum atomic E-state index is 13.3. The van der Waals surface area contributed by atoms with Crippen LogP contribution in [0.25, 0.3) is 5.65 Å². The number of nitriles is 1. The lowest BCUT2D eigenvalue weighted by molar-refractivity contribution is 0.0599. The van der Waals surface area contributed by atoms with Crippen LogP contribution in [-0.4, -0.2) is 66.3 Å². The summed E-state index contributed by atoms with van der Waals surface area (Å²) >= 11 is 0. The van der Waals surface area contributed by atoms with Gasteiger partial charge < -0.3 is 20.0 Å². The molecule has 0 radical (unpaired) electrons. The summed E-state index contributed by atoms with van der Waals surface area (Å²) in [6.07, 6.45) is 3.90. The van der Waals surface area contributed by atoms with Crippen LogP contribution in [0.5, 0.6) is 0 Å². The Morgan fingerprint density at radius 2 is 2.12 bits per heavy atom. The van der Waals surface area contributed by atoms with Crippen molar-refractivity contribution < 1.29 is 15.0 Å². The third-order valence-electron chi connectivity index (χ3n) is 6.67. The summed E-state index contributed by atoms with van der Waals surface area (Å²) in [6, 6.07) is 8.97. The van der Waals surface area contributed by atoms with Gasteiger partial charge in [0, 0.05) is 37.5 Å². The van der Waals surface area contributed by atoms with Gasteiger partial charge in [-0.2, -0.15) is 10.4 Å². The average molecular weight is 462 g/mol. The fourth-order valence-electron chi connectivity index (χ4n) is 4.90. The molecule has 5 rings (SSSR count). The van der Waals surface area contributed by atoms with Gasteiger partial charge in [0.25, 0.3) is 5.91 Å². The predicted molar refractivity (Wildman–Crippen MR) is 123 cm³/mol. The molecule has 0 bridgehead atoms. The monoisotopic (exact) mass is 461 g/mol. The number of anilines is 1. The summed E-state index contributed by atoms with van der Waals surface area (Å²) in [5, 5.41) is 33.5. The number of aliphatic hydroxyl groups excluding tert-OH is 2. The van der Waals surface area contributed by atoms with Crippen LogP contribution in [0, 0.1) is 24.2 Å². The van der Waals surface area contributed by atoms with Crippen molar-refractivity contribution in [3.8, 4) is 6.07 Å². The van der Waals surface area contributed by atoms with E-state index in [9.17, 15) is 20.3 Å². The number of hydrogen-bond donors (Lipinski definition) is 2. The van der Waals surface area contributed by atoms with Crippen LogP contribution in [0.15, 0.2) is 30.5 Å². The molecule has 3 aromatic heterocycles. The fraction of sp³-hybridized carbons (Fsp3) is 0.458. The highest BCUT2D eigenvalue weighted by molar-refractivity contribution is 5.92. The van der Waals surface area contributed by atoms with E-state index in [-0.39, 0.29) is 18.6 Å². The smallest absolute Gasteiger partial charge is 0.273 e. The number of β-amino-alcohol motifs (C(OH)–C–C–N with tert-alkyl or cyclic N) is 1. The normalized spacial score (nSPS) is 22.8. The van der Waals surface area contributed by atoms with Gasteiger partial charge in [0.15, 0.2) is 5.65 Å². The lowest BCUT2D eigenvalue weighted by Gasteiger charge is -2.34. The molecule has 176 valence electrons. The number of piperidine rings is 1. The van der Waals surface area contributed by atoms with Crippen LogP contribution in [0.1, 0.15) is 52.7 Å². The topological polar surface area (TPSA) is 131 Å². The number of aliphatic hydroxyl groups is 2. The van der Waals surface area contributed by atoms with Crippen molar-refractivity contribution in [2.45, 2.75) is 44.9 Å². The van der Waals surface area contributed by atoms with Crippen molar-refractivity contribution in [1.82, 2.24) is 24.5 Å². The molecule has 3 unspecified atom stereocenters. The lowest BCUT2D eigenvalue weighted by Crippen LogP contribution is -2.39. The molecule has 3 aromatic rings. The number of carbonyl (C=O) groups is 1. The Kier molecular flexibility index (Phi) is 5.89. The molecule has 0 aromatic carbocycles. The predicted octanol–water partition coefficient (Wildman–Crippen LogP) is 1.61. The molecular weight excluding hydrogens is 434 g/mol. The maximum absolute atomic E-state index is 13.3. The van der Waals surface area contributed by atoms with Crippen molar-refractivity contribution in [2.24, 2.45) is 5.92 Å². The van der Waals surface area contributed by atoms with E-state index < -0.39 is 12.0 Å². The highest BCUT2D eigenvalue weighted by Gasteiger charge is 2.34. The first-order valence-corrected chi connectivity index (χ1v) is 11.6. The highest BCUT2D eigenvalue weighted by Crippen LogP contribution is 2.33. The Morgan fingerprint density at radius 3 is 2.88 bits per heavy atom. The van der Waals surface area contributed by atoms with Crippen molar-refractivity contribution in [3.63, 3.8) is 0 Å². The van der Waals surface area contributed by atoms with E-state index in [0.29, 0.717) is 36.7 Å². The summed E-state index contributed by atoms with van der Waals surface area (Å²) in [5.74, 6) is 0.130. The van der Waals surface area contributed by atoms with Crippen molar-refractivity contribution in [3.05, 3.63) is 53.1 Å². The Hall–Kier alpha value is -3.55. The first-order valence-electron chi connectivity index (χ1n) is 11.6. The summed E-state index contributed by atoms with van der Waals surface area (Å²) in [5.41, 5.74) is 3.10. The summed E-state index contributed by atoms with van der Waals surface area (Å²) in [6.45, 7) is 3.14. The zero-order valence-corrected chi connectivity index (χ0v) is 19.0. The van der Waals surface area contributed by atoms with E-state index >= 15 is 0 Å². The third-order valence-corrected chi connectivity index (χ3v) is 6.67. The molecule has 2 N–H and O–H groups in total. The van der Waals surface area contributed by atoms with Gasteiger partial charge in [-0.3, -0.25) is 4.79 Å². The minimum atomic E-state index is -0.692. The van der Waals surface area contributed by atoms with Gasteiger partial charge in [0.2, 0.25) is 0 Å². The zero-order valence-electron chi connectivity index (χ0n) is 19.0. The van der Waals surface area contributed by atoms with Gasteiger partial charge in [-0.15, -0.1) is 0 Å². The highest BCUT2D eigenvalue weighted by atomic mass is 16.3. The van der Waals surface area contributed by atoms with E-state index in [4.69, 9.17) is 10.1 Å². The number of amides is 1. The Balaban J connectivity index is 1.45.